The zero-order chi connectivity index (χ0) is 22.8. The number of halogens is 3. The molecule has 10 heteroatoms. The fourth-order valence-electron chi connectivity index (χ4n) is 3.05. The number of furan rings is 1. The van der Waals surface area contributed by atoms with Crippen LogP contribution < -0.4 is 15.5 Å². The van der Waals surface area contributed by atoms with E-state index in [0.717, 1.165) is 4.90 Å². The van der Waals surface area contributed by atoms with Crippen LogP contribution in [0, 0.1) is 0 Å². The highest BCUT2D eigenvalue weighted by Crippen LogP contribution is 2.35. The Morgan fingerprint density at radius 2 is 1.78 bits per heavy atom. The molecule has 0 aliphatic carbocycles. The van der Waals surface area contributed by atoms with Gasteiger partial charge in [0.25, 0.3) is 17.7 Å². The molecule has 0 saturated carbocycles. The Labute approximate surface area is 197 Å². The Morgan fingerprint density at radius 3 is 2.53 bits per heavy atom. The summed E-state index contributed by atoms with van der Waals surface area (Å²) in [7, 11) is 0. The first-order valence-electron chi connectivity index (χ1n) is 9.26. The van der Waals surface area contributed by atoms with Crippen molar-refractivity contribution in [1.82, 2.24) is 5.32 Å². The van der Waals surface area contributed by atoms with E-state index in [4.69, 9.17) is 39.2 Å². The summed E-state index contributed by atoms with van der Waals surface area (Å²) in [6.45, 7) is 0.225. The van der Waals surface area contributed by atoms with Crippen LogP contribution in [-0.4, -0.2) is 17.7 Å². The molecule has 3 aromatic rings. The first-order valence-corrected chi connectivity index (χ1v) is 10.4. The third kappa shape index (κ3) is 4.36. The van der Waals surface area contributed by atoms with Crippen molar-refractivity contribution >= 4 is 63.9 Å². The van der Waals surface area contributed by atoms with Crippen LogP contribution in [0.5, 0.6) is 0 Å². The summed E-state index contributed by atoms with van der Waals surface area (Å²) in [6.07, 6.45) is 1.52. The van der Waals surface area contributed by atoms with Crippen molar-refractivity contribution in [3.63, 3.8) is 0 Å². The van der Waals surface area contributed by atoms with Gasteiger partial charge in [-0.3, -0.25) is 14.4 Å². The van der Waals surface area contributed by atoms with Crippen molar-refractivity contribution in [3.8, 4) is 0 Å². The molecule has 0 saturated heterocycles. The average molecular weight is 491 g/mol. The van der Waals surface area contributed by atoms with Crippen LogP contribution in [0.25, 0.3) is 0 Å². The van der Waals surface area contributed by atoms with E-state index in [2.05, 4.69) is 10.6 Å². The fraction of sp³-hybridized carbons (Fsp3) is 0.0455. The minimum Gasteiger partial charge on any atom is -0.467 e. The van der Waals surface area contributed by atoms with E-state index in [9.17, 15) is 14.4 Å². The van der Waals surface area contributed by atoms with Crippen molar-refractivity contribution in [2.45, 2.75) is 6.54 Å². The second kappa shape index (κ2) is 9.08. The van der Waals surface area contributed by atoms with Gasteiger partial charge in [-0.2, -0.15) is 0 Å². The van der Waals surface area contributed by atoms with Crippen LogP contribution in [0.15, 0.2) is 76.0 Å². The molecular weight excluding hydrogens is 477 g/mol. The van der Waals surface area contributed by atoms with E-state index in [1.807, 2.05) is 0 Å². The topological polar surface area (TPSA) is 91.7 Å². The summed E-state index contributed by atoms with van der Waals surface area (Å²) in [6, 6.07) is 14.3. The van der Waals surface area contributed by atoms with Crippen molar-refractivity contribution in [1.29, 1.82) is 0 Å². The number of benzene rings is 2. The molecule has 0 spiro atoms. The van der Waals surface area contributed by atoms with Gasteiger partial charge < -0.3 is 15.1 Å². The Hall–Kier alpha value is -3.26. The van der Waals surface area contributed by atoms with Crippen LogP contribution in [-0.2, 0) is 16.1 Å². The van der Waals surface area contributed by atoms with Crippen molar-refractivity contribution in [3.05, 3.63) is 93.0 Å². The number of rotatable bonds is 6. The minimum atomic E-state index is -0.740. The maximum atomic E-state index is 13.0. The largest absolute Gasteiger partial charge is 0.467 e. The van der Waals surface area contributed by atoms with Gasteiger partial charge in [0.1, 0.15) is 16.5 Å². The number of carbonyl (C=O) groups is 3. The second-order valence-corrected chi connectivity index (χ2v) is 7.92. The predicted octanol–water partition coefficient (Wildman–Crippen LogP) is 4.95. The first kappa shape index (κ1) is 22.0. The van der Waals surface area contributed by atoms with E-state index in [1.165, 1.54) is 30.5 Å². The molecule has 0 fully saturated rings. The Balaban J connectivity index is 1.53. The van der Waals surface area contributed by atoms with Gasteiger partial charge in [-0.1, -0.05) is 40.9 Å². The van der Waals surface area contributed by atoms with Gasteiger partial charge >= 0.3 is 0 Å². The highest BCUT2D eigenvalue weighted by atomic mass is 35.5. The molecule has 1 aliphatic heterocycles. The van der Waals surface area contributed by atoms with E-state index in [0.29, 0.717) is 22.0 Å². The molecule has 1 aromatic heterocycles. The molecule has 32 heavy (non-hydrogen) atoms. The maximum Gasteiger partial charge on any atom is 0.283 e. The number of amides is 3. The molecule has 0 radical (unpaired) electrons. The van der Waals surface area contributed by atoms with Crippen molar-refractivity contribution in [2.75, 3.05) is 10.2 Å². The maximum absolute atomic E-state index is 13.0. The molecule has 2 heterocycles. The highest BCUT2D eigenvalue weighted by molar-refractivity contribution is 6.54. The summed E-state index contributed by atoms with van der Waals surface area (Å²) >= 11 is 18.3. The van der Waals surface area contributed by atoms with Crippen molar-refractivity contribution in [2.24, 2.45) is 0 Å². The molecule has 1 aliphatic rings. The molecule has 0 unspecified atom stereocenters. The summed E-state index contributed by atoms with van der Waals surface area (Å²) in [5, 5.41) is 5.72. The van der Waals surface area contributed by atoms with Crippen LogP contribution in [0.3, 0.4) is 0 Å². The predicted molar refractivity (Wildman–Crippen MR) is 122 cm³/mol. The Kier molecular flexibility index (Phi) is 6.23. The molecule has 7 nitrogen and oxygen atoms in total. The van der Waals surface area contributed by atoms with E-state index in [-0.39, 0.29) is 33.9 Å². The molecule has 3 amide bonds. The molecule has 162 valence electrons. The molecule has 4 rings (SSSR count). The summed E-state index contributed by atoms with van der Waals surface area (Å²) in [4.78, 5) is 38.9. The lowest BCUT2D eigenvalue weighted by Crippen LogP contribution is -2.32. The van der Waals surface area contributed by atoms with E-state index < -0.39 is 11.8 Å². The second-order valence-electron chi connectivity index (χ2n) is 6.70. The number of carbonyl (C=O) groups excluding carboxylic acids is 3. The number of nitrogens with zero attached hydrogens (tertiary/aromatic N) is 1. The normalized spacial score (nSPS) is 13.7. The smallest absolute Gasteiger partial charge is 0.283 e. The zero-order valence-electron chi connectivity index (χ0n) is 16.2. The van der Waals surface area contributed by atoms with Gasteiger partial charge in [0.05, 0.1) is 23.5 Å². The average Bonchev–Trinajstić information content (AvgIpc) is 3.37. The van der Waals surface area contributed by atoms with E-state index >= 15 is 0 Å². The number of imide groups is 1. The highest BCUT2D eigenvalue weighted by Gasteiger charge is 2.40. The van der Waals surface area contributed by atoms with Gasteiger partial charge in [0.2, 0.25) is 0 Å². The third-order valence-corrected chi connectivity index (χ3v) is 5.48. The van der Waals surface area contributed by atoms with Crippen molar-refractivity contribution < 1.29 is 18.8 Å². The molecule has 0 atom stereocenters. The van der Waals surface area contributed by atoms with Crippen LogP contribution in [0.4, 0.5) is 11.4 Å². The van der Waals surface area contributed by atoms with Gasteiger partial charge in [0, 0.05) is 16.3 Å². The monoisotopic (exact) mass is 489 g/mol. The Bertz CT molecular complexity index is 1260. The summed E-state index contributed by atoms with van der Waals surface area (Å²) < 4.78 is 5.19. The summed E-state index contributed by atoms with van der Waals surface area (Å²) in [5.41, 5.74) is 0.713. The Morgan fingerprint density at radius 1 is 0.969 bits per heavy atom. The number of anilines is 2. The van der Waals surface area contributed by atoms with Crippen LogP contribution in [0.1, 0.15) is 16.1 Å². The lowest BCUT2D eigenvalue weighted by molar-refractivity contribution is -0.120. The number of hydrogen-bond acceptors (Lipinski definition) is 5. The number of nitrogens with one attached hydrogen (secondary N) is 2. The lowest BCUT2D eigenvalue weighted by Gasteiger charge is -2.17. The number of hydrogen-bond donors (Lipinski definition) is 2. The van der Waals surface area contributed by atoms with Gasteiger partial charge in [-0.05, 0) is 48.5 Å². The molecule has 0 bridgehead atoms. The minimum absolute atomic E-state index is 0.121. The molecular formula is C22H14Cl3N3O4. The van der Waals surface area contributed by atoms with Gasteiger partial charge in [-0.25, -0.2) is 4.90 Å². The lowest BCUT2D eigenvalue weighted by atomic mass is 10.2. The zero-order valence-corrected chi connectivity index (χ0v) is 18.5. The van der Waals surface area contributed by atoms with Crippen LogP contribution >= 0.6 is 34.8 Å². The van der Waals surface area contributed by atoms with E-state index in [1.54, 1.807) is 30.3 Å². The standard InChI is InChI=1S/C22H14Cl3N3O4/c23-13-6-7-16(24)17(10-13)28-21(30)18(25)19(22(28)31)27-14-4-1-3-12(9-14)20(29)26-11-15-5-2-8-32-15/h1-10,27H,11H2,(H,26,29). The third-order valence-electron chi connectivity index (χ3n) is 4.57. The fourth-order valence-corrected chi connectivity index (χ4v) is 3.63. The van der Waals surface area contributed by atoms with Gasteiger partial charge in [0.15, 0.2) is 0 Å². The summed E-state index contributed by atoms with van der Waals surface area (Å²) in [5.74, 6) is -1.17. The SMILES string of the molecule is O=C(NCc1ccco1)c1cccc(NC2=C(Cl)C(=O)N(c3cc(Cl)ccc3Cl)C2=O)c1. The first-order chi connectivity index (χ1) is 15.3. The van der Waals surface area contributed by atoms with Crippen LogP contribution in [0.2, 0.25) is 10.0 Å². The van der Waals surface area contributed by atoms with Gasteiger partial charge in [-0.15, -0.1) is 0 Å². The molecule has 2 aromatic carbocycles. The quantitative estimate of drug-likeness (QED) is 0.477. The molecule has 2 N–H and O–H groups in total.